The molecular formula is C22H24FN5O2. The second-order valence-corrected chi connectivity index (χ2v) is 7.69. The Morgan fingerprint density at radius 2 is 1.97 bits per heavy atom. The van der Waals surface area contributed by atoms with Crippen molar-refractivity contribution in [2.75, 3.05) is 17.3 Å². The number of hydrogen-bond donors (Lipinski definition) is 1. The molecule has 0 radical (unpaired) electrons. The summed E-state index contributed by atoms with van der Waals surface area (Å²) in [5.41, 5.74) is 0.932. The topological polar surface area (TPSA) is 80.1 Å². The molecule has 4 rings (SSSR count). The Bertz CT molecular complexity index is 1120. The van der Waals surface area contributed by atoms with Gasteiger partial charge in [0.15, 0.2) is 0 Å². The van der Waals surface area contributed by atoms with E-state index in [9.17, 15) is 14.0 Å². The van der Waals surface area contributed by atoms with Crippen LogP contribution in [0.1, 0.15) is 32.1 Å². The first-order chi connectivity index (χ1) is 14.5. The number of benzene rings is 2. The fourth-order valence-electron chi connectivity index (χ4n) is 4.00. The van der Waals surface area contributed by atoms with E-state index in [0.29, 0.717) is 28.3 Å². The summed E-state index contributed by atoms with van der Waals surface area (Å²) in [4.78, 5) is 26.8. The smallest absolute Gasteiger partial charge is 0.278 e. The summed E-state index contributed by atoms with van der Waals surface area (Å²) in [5, 5.41) is 10.8. The van der Waals surface area contributed by atoms with Crippen LogP contribution in [0.15, 0.2) is 47.3 Å². The number of amides is 1. The minimum Gasteiger partial charge on any atom is -0.369 e. The first-order valence-corrected chi connectivity index (χ1v) is 10.2. The lowest BCUT2D eigenvalue weighted by molar-refractivity contribution is -0.117. The zero-order chi connectivity index (χ0) is 21.1. The van der Waals surface area contributed by atoms with Crippen LogP contribution in [0.25, 0.3) is 10.9 Å². The van der Waals surface area contributed by atoms with Crippen LogP contribution in [0.5, 0.6) is 0 Å². The summed E-state index contributed by atoms with van der Waals surface area (Å²) in [6, 6.07) is 11.8. The minimum absolute atomic E-state index is 0.304. The van der Waals surface area contributed by atoms with E-state index in [0.717, 1.165) is 17.5 Å². The van der Waals surface area contributed by atoms with E-state index in [1.54, 1.807) is 36.4 Å². The van der Waals surface area contributed by atoms with Crippen molar-refractivity contribution in [1.82, 2.24) is 15.0 Å². The number of halogens is 1. The number of carbonyl (C=O) groups is 1. The second kappa shape index (κ2) is 8.61. The van der Waals surface area contributed by atoms with Gasteiger partial charge < -0.3 is 10.2 Å². The largest absolute Gasteiger partial charge is 0.369 e. The average Bonchev–Trinajstić information content (AvgIpc) is 2.76. The lowest BCUT2D eigenvalue weighted by Crippen LogP contribution is -2.34. The molecule has 0 aliphatic heterocycles. The van der Waals surface area contributed by atoms with Gasteiger partial charge in [-0.05, 0) is 43.2 Å². The molecule has 1 aromatic heterocycles. The number of rotatable bonds is 5. The number of nitrogens with zero attached hydrogens (tertiary/aromatic N) is 4. The van der Waals surface area contributed by atoms with E-state index in [4.69, 9.17) is 0 Å². The lowest BCUT2D eigenvalue weighted by Gasteiger charge is -2.33. The predicted molar refractivity (Wildman–Crippen MR) is 114 cm³/mol. The van der Waals surface area contributed by atoms with Crippen molar-refractivity contribution in [3.05, 3.63) is 58.6 Å². The van der Waals surface area contributed by atoms with Gasteiger partial charge in [-0.25, -0.2) is 9.07 Å². The van der Waals surface area contributed by atoms with Crippen molar-refractivity contribution in [2.45, 2.75) is 44.7 Å². The number of carbonyl (C=O) groups excluding carboxylic acids is 1. The highest BCUT2D eigenvalue weighted by Crippen LogP contribution is 2.29. The third-order valence-electron chi connectivity index (χ3n) is 5.66. The predicted octanol–water partition coefficient (Wildman–Crippen LogP) is 3.34. The number of hydrogen-bond acceptors (Lipinski definition) is 5. The van der Waals surface area contributed by atoms with E-state index >= 15 is 0 Å². The molecule has 7 nitrogen and oxygen atoms in total. The van der Waals surface area contributed by atoms with Gasteiger partial charge in [0.2, 0.25) is 5.91 Å². The summed E-state index contributed by atoms with van der Waals surface area (Å²) >= 11 is 0. The Balaban J connectivity index is 1.45. The fraction of sp³-hybridized carbons (Fsp3) is 0.364. The summed E-state index contributed by atoms with van der Waals surface area (Å²) in [6.07, 6.45) is 5.71. The molecule has 1 N–H and O–H groups in total. The van der Waals surface area contributed by atoms with Gasteiger partial charge in [0, 0.05) is 18.8 Å². The fourth-order valence-corrected chi connectivity index (χ4v) is 4.00. The van der Waals surface area contributed by atoms with Gasteiger partial charge >= 0.3 is 0 Å². The van der Waals surface area contributed by atoms with Crippen LogP contribution in [0.4, 0.5) is 15.8 Å². The molecule has 1 saturated carbocycles. The quantitative estimate of drug-likeness (QED) is 0.699. The minimum atomic E-state index is -0.477. The second-order valence-electron chi connectivity index (χ2n) is 7.69. The Hall–Kier alpha value is -3.29. The molecule has 0 bridgehead atoms. The number of fused-ring (bicyclic) bond motifs is 1. The molecule has 0 atom stereocenters. The average molecular weight is 409 g/mol. The van der Waals surface area contributed by atoms with Gasteiger partial charge in [0.1, 0.15) is 17.9 Å². The molecule has 156 valence electrons. The molecule has 0 saturated heterocycles. The van der Waals surface area contributed by atoms with Gasteiger partial charge in [-0.3, -0.25) is 9.59 Å². The van der Waals surface area contributed by atoms with Gasteiger partial charge in [0.05, 0.1) is 11.1 Å². The van der Waals surface area contributed by atoms with Crippen molar-refractivity contribution in [2.24, 2.45) is 0 Å². The monoisotopic (exact) mass is 409 g/mol. The SMILES string of the molecule is CN(c1ccc(NC(=O)Cn2nnc3ccccc3c2=O)cc1F)C1CCCCC1. The van der Waals surface area contributed by atoms with Crippen LogP contribution in [-0.4, -0.2) is 34.0 Å². The third kappa shape index (κ3) is 4.17. The highest BCUT2D eigenvalue weighted by molar-refractivity contribution is 5.91. The van der Waals surface area contributed by atoms with Gasteiger partial charge in [-0.15, -0.1) is 5.10 Å². The molecule has 1 fully saturated rings. The molecular weight excluding hydrogens is 385 g/mol. The van der Waals surface area contributed by atoms with Crippen molar-refractivity contribution in [1.29, 1.82) is 0 Å². The maximum Gasteiger partial charge on any atom is 0.278 e. The Morgan fingerprint density at radius 3 is 2.73 bits per heavy atom. The first-order valence-electron chi connectivity index (χ1n) is 10.2. The van der Waals surface area contributed by atoms with Crippen LogP contribution < -0.4 is 15.8 Å². The molecule has 0 unspecified atom stereocenters. The van der Waals surface area contributed by atoms with Crippen molar-refractivity contribution in [3.63, 3.8) is 0 Å². The van der Waals surface area contributed by atoms with E-state index in [-0.39, 0.29) is 12.4 Å². The molecule has 2 aromatic carbocycles. The van der Waals surface area contributed by atoms with Crippen molar-refractivity contribution >= 4 is 28.2 Å². The Labute approximate surface area is 173 Å². The molecule has 30 heavy (non-hydrogen) atoms. The van der Waals surface area contributed by atoms with Crippen molar-refractivity contribution in [3.8, 4) is 0 Å². The van der Waals surface area contributed by atoms with E-state index in [1.807, 2.05) is 11.9 Å². The van der Waals surface area contributed by atoms with Crippen LogP contribution >= 0.6 is 0 Å². The summed E-state index contributed by atoms with van der Waals surface area (Å²) < 4.78 is 15.7. The third-order valence-corrected chi connectivity index (χ3v) is 5.66. The number of nitrogens with one attached hydrogen (secondary N) is 1. The highest BCUT2D eigenvalue weighted by atomic mass is 19.1. The Kier molecular flexibility index (Phi) is 5.74. The van der Waals surface area contributed by atoms with Gasteiger partial charge in [0.25, 0.3) is 5.56 Å². The summed E-state index contributed by atoms with van der Waals surface area (Å²) in [7, 11) is 1.91. The number of anilines is 2. The van der Waals surface area contributed by atoms with E-state index < -0.39 is 11.5 Å². The van der Waals surface area contributed by atoms with Gasteiger partial charge in [-0.1, -0.05) is 36.6 Å². The van der Waals surface area contributed by atoms with Crippen LogP contribution in [-0.2, 0) is 11.3 Å². The number of aromatic nitrogens is 3. The normalized spacial score (nSPS) is 14.6. The van der Waals surface area contributed by atoms with Crippen LogP contribution in [0, 0.1) is 5.82 Å². The molecule has 1 aliphatic rings. The van der Waals surface area contributed by atoms with E-state index in [1.165, 1.54) is 25.3 Å². The molecule has 1 aliphatic carbocycles. The van der Waals surface area contributed by atoms with Crippen LogP contribution in [0.3, 0.4) is 0 Å². The first kappa shape index (κ1) is 20.0. The van der Waals surface area contributed by atoms with Gasteiger partial charge in [-0.2, -0.15) is 0 Å². The van der Waals surface area contributed by atoms with E-state index in [2.05, 4.69) is 15.6 Å². The maximum absolute atomic E-state index is 14.7. The Morgan fingerprint density at radius 1 is 1.20 bits per heavy atom. The molecule has 0 spiro atoms. The summed E-state index contributed by atoms with van der Waals surface area (Å²) in [5.74, 6) is -0.863. The zero-order valence-corrected chi connectivity index (χ0v) is 16.8. The molecule has 1 amide bonds. The highest BCUT2D eigenvalue weighted by Gasteiger charge is 2.21. The zero-order valence-electron chi connectivity index (χ0n) is 16.8. The maximum atomic E-state index is 14.7. The molecule has 1 heterocycles. The van der Waals surface area contributed by atoms with Crippen LogP contribution in [0.2, 0.25) is 0 Å². The molecule has 3 aromatic rings. The van der Waals surface area contributed by atoms with Crippen molar-refractivity contribution < 1.29 is 9.18 Å². The summed E-state index contributed by atoms with van der Waals surface area (Å²) in [6.45, 7) is -0.304. The lowest BCUT2D eigenvalue weighted by atomic mass is 9.94. The standard InChI is InChI=1S/C22H24FN5O2/c1-27(16-7-3-2-4-8-16)20-12-11-15(13-18(20)23)24-21(29)14-28-22(30)17-9-5-6-10-19(17)25-26-28/h5-6,9-13,16H,2-4,7-8,14H2,1H3,(H,24,29). The molecule has 8 heteroatoms.